The van der Waals surface area contributed by atoms with Crippen LogP contribution < -0.4 is 0 Å². The highest BCUT2D eigenvalue weighted by atomic mass is 16.5. The van der Waals surface area contributed by atoms with Gasteiger partial charge in [0.2, 0.25) is 0 Å². The summed E-state index contributed by atoms with van der Waals surface area (Å²) in [4.78, 5) is 0. The van der Waals surface area contributed by atoms with E-state index in [4.69, 9.17) is 4.74 Å². The van der Waals surface area contributed by atoms with Gasteiger partial charge in [0.1, 0.15) is 0 Å². The Morgan fingerprint density at radius 2 is 2.23 bits per heavy atom. The molecule has 13 heavy (non-hydrogen) atoms. The summed E-state index contributed by atoms with van der Waals surface area (Å²) in [6, 6.07) is 0. The van der Waals surface area contributed by atoms with Crippen LogP contribution in [0, 0.1) is 5.92 Å². The first-order valence-corrected chi connectivity index (χ1v) is 5.52. The largest absolute Gasteiger partial charge is 0.390 e. The molecule has 0 aromatic carbocycles. The molecule has 0 spiro atoms. The lowest BCUT2D eigenvalue weighted by Gasteiger charge is -2.42. The topological polar surface area (TPSA) is 29.5 Å². The number of ether oxygens (including phenoxy) is 1. The molecule has 1 aliphatic carbocycles. The third-order valence-corrected chi connectivity index (χ3v) is 3.41. The van der Waals surface area contributed by atoms with E-state index in [2.05, 4.69) is 6.92 Å². The van der Waals surface area contributed by atoms with Crippen LogP contribution in [0.25, 0.3) is 0 Å². The molecule has 0 aromatic heterocycles. The minimum absolute atomic E-state index is 0.328. The molecule has 1 saturated heterocycles. The molecule has 0 aromatic rings. The van der Waals surface area contributed by atoms with E-state index in [0.29, 0.717) is 6.10 Å². The average molecular weight is 184 g/mol. The summed E-state index contributed by atoms with van der Waals surface area (Å²) in [6.45, 7) is 3.14. The van der Waals surface area contributed by atoms with E-state index in [1.54, 1.807) is 0 Å². The molecule has 2 aliphatic rings. The number of aliphatic hydroxyl groups is 1. The molecule has 0 amide bonds. The van der Waals surface area contributed by atoms with Gasteiger partial charge >= 0.3 is 0 Å². The summed E-state index contributed by atoms with van der Waals surface area (Å²) in [6.07, 6.45) is 6.86. The molecule has 2 heteroatoms. The third-order valence-electron chi connectivity index (χ3n) is 3.41. The summed E-state index contributed by atoms with van der Waals surface area (Å²) in [5, 5.41) is 9.99. The predicted molar refractivity (Wildman–Crippen MR) is 51.6 cm³/mol. The van der Waals surface area contributed by atoms with E-state index in [1.807, 2.05) is 0 Å². The maximum Gasteiger partial charge on any atom is 0.0653 e. The molecule has 2 rings (SSSR count). The van der Waals surface area contributed by atoms with Crippen LogP contribution in [0.2, 0.25) is 0 Å². The van der Waals surface area contributed by atoms with Crippen molar-refractivity contribution in [1.82, 2.24) is 0 Å². The second-order valence-electron chi connectivity index (χ2n) is 4.91. The van der Waals surface area contributed by atoms with E-state index < -0.39 is 0 Å². The Morgan fingerprint density at radius 1 is 1.46 bits per heavy atom. The lowest BCUT2D eigenvalue weighted by atomic mass is 9.69. The summed E-state index contributed by atoms with van der Waals surface area (Å²) >= 11 is 0. The van der Waals surface area contributed by atoms with Gasteiger partial charge in [-0.1, -0.05) is 6.92 Å². The molecule has 0 radical (unpaired) electrons. The average Bonchev–Trinajstić information content (AvgIpc) is 2.50. The lowest BCUT2D eigenvalue weighted by molar-refractivity contribution is -0.0815. The van der Waals surface area contributed by atoms with Crippen molar-refractivity contribution in [2.75, 3.05) is 6.61 Å². The van der Waals surface area contributed by atoms with Crippen LogP contribution in [0.1, 0.15) is 45.4 Å². The van der Waals surface area contributed by atoms with Gasteiger partial charge in [-0.3, -0.25) is 0 Å². The fourth-order valence-electron chi connectivity index (χ4n) is 2.74. The Kier molecular flexibility index (Phi) is 2.61. The van der Waals surface area contributed by atoms with Crippen LogP contribution in [-0.2, 0) is 4.74 Å². The van der Waals surface area contributed by atoms with Gasteiger partial charge in [-0.25, -0.2) is 0 Å². The Labute approximate surface area is 80.3 Å². The minimum Gasteiger partial charge on any atom is -0.390 e. The van der Waals surface area contributed by atoms with Gasteiger partial charge < -0.3 is 9.84 Å². The van der Waals surface area contributed by atoms with Gasteiger partial charge in [0.15, 0.2) is 0 Å². The molecule has 76 valence electrons. The van der Waals surface area contributed by atoms with E-state index in [9.17, 15) is 5.11 Å². The Balaban J connectivity index is 1.67. The van der Waals surface area contributed by atoms with Gasteiger partial charge in [0.05, 0.1) is 11.7 Å². The molecule has 1 aliphatic heterocycles. The van der Waals surface area contributed by atoms with Crippen LogP contribution in [0.15, 0.2) is 0 Å². The highest BCUT2D eigenvalue weighted by Crippen LogP contribution is 2.41. The molecular formula is C11H20O2. The van der Waals surface area contributed by atoms with Crippen LogP contribution >= 0.6 is 0 Å². The van der Waals surface area contributed by atoms with Gasteiger partial charge in [-0.15, -0.1) is 0 Å². The summed E-state index contributed by atoms with van der Waals surface area (Å²) in [5.74, 6) is 0.731. The summed E-state index contributed by atoms with van der Waals surface area (Å²) in [7, 11) is 0. The van der Waals surface area contributed by atoms with Gasteiger partial charge in [-0.2, -0.15) is 0 Å². The zero-order valence-corrected chi connectivity index (χ0v) is 8.46. The van der Waals surface area contributed by atoms with Crippen molar-refractivity contribution in [1.29, 1.82) is 0 Å². The van der Waals surface area contributed by atoms with Crippen molar-refractivity contribution in [3.63, 3.8) is 0 Å². The summed E-state index contributed by atoms with van der Waals surface area (Å²) < 4.78 is 5.53. The molecule has 2 nitrogen and oxygen atoms in total. The van der Waals surface area contributed by atoms with Crippen molar-refractivity contribution >= 4 is 0 Å². The summed E-state index contributed by atoms with van der Waals surface area (Å²) in [5.41, 5.74) is -0.328. The van der Waals surface area contributed by atoms with Crippen LogP contribution in [0.5, 0.6) is 0 Å². The number of hydrogen-bond donors (Lipinski definition) is 1. The standard InChI is InChI=1S/C11H20O2/c1-9-7-11(12,8-9)5-4-10-3-2-6-13-10/h9-10,12H,2-8H2,1H3. The Hall–Kier alpha value is -0.0800. The maximum atomic E-state index is 9.99. The minimum atomic E-state index is -0.328. The van der Waals surface area contributed by atoms with Crippen LogP contribution in [-0.4, -0.2) is 23.4 Å². The molecule has 1 heterocycles. The van der Waals surface area contributed by atoms with Crippen molar-refractivity contribution in [3.8, 4) is 0 Å². The molecule has 0 bridgehead atoms. The van der Waals surface area contributed by atoms with Crippen molar-refractivity contribution in [3.05, 3.63) is 0 Å². The van der Waals surface area contributed by atoms with Crippen molar-refractivity contribution in [2.24, 2.45) is 5.92 Å². The zero-order valence-electron chi connectivity index (χ0n) is 8.46. The quantitative estimate of drug-likeness (QED) is 0.728. The number of hydrogen-bond acceptors (Lipinski definition) is 2. The van der Waals surface area contributed by atoms with Crippen molar-refractivity contribution in [2.45, 2.75) is 57.2 Å². The Morgan fingerprint density at radius 3 is 2.77 bits per heavy atom. The lowest BCUT2D eigenvalue weighted by Crippen LogP contribution is -2.43. The van der Waals surface area contributed by atoms with E-state index >= 15 is 0 Å². The highest BCUT2D eigenvalue weighted by Gasteiger charge is 2.40. The van der Waals surface area contributed by atoms with Gasteiger partial charge in [0, 0.05) is 6.61 Å². The van der Waals surface area contributed by atoms with Gasteiger partial charge in [-0.05, 0) is 44.4 Å². The molecule has 1 atom stereocenters. The normalized spacial score (nSPS) is 44.8. The zero-order chi connectivity index (χ0) is 9.31. The first-order chi connectivity index (χ1) is 6.18. The molecular weight excluding hydrogens is 164 g/mol. The highest BCUT2D eigenvalue weighted by molar-refractivity contribution is 4.92. The van der Waals surface area contributed by atoms with Gasteiger partial charge in [0.25, 0.3) is 0 Å². The first kappa shape index (κ1) is 9.47. The maximum absolute atomic E-state index is 9.99. The molecule has 1 N–H and O–H groups in total. The van der Waals surface area contributed by atoms with Crippen molar-refractivity contribution < 1.29 is 9.84 Å². The Bertz CT molecular complexity index is 167. The molecule has 2 fully saturated rings. The second-order valence-corrected chi connectivity index (χ2v) is 4.91. The third kappa shape index (κ3) is 2.23. The predicted octanol–water partition coefficient (Wildman–Crippen LogP) is 2.11. The second kappa shape index (κ2) is 3.58. The molecule has 1 unspecified atom stereocenters. The molecule has 1 saturated carbocycles. The number of rotatable bonds is 3. The van der Waals surface area contributed by atoms with E-state index in [1.165, 1.54) is 12.8 Å². The smallest absolute Gasteiger partial charge is 0.0653 e. The fourth-order valence-corrected chi connectivity index (χ4v) is 2.74. The van der Waals surface area contributed by atoms with Crippen LogP contribution in [0.3, 0.4) is 0 Å². The first-order valence-electron chi connectivity index (χ1n) is 5.52. The van der Waals surface area contributed by atoms with E-state index in [-0.39, 0.29) is 5.60 Å². The van der Waals surface area contributed by atoms with E-state index in [0.717, 1.165) is 38.2 Å². The fraction of sp³-hybridized carbons (Fsp3) is 1.00. The van der Waals surface area contributed by atoms with Crippen LogP contribution in [0.4, 0.5) is 0 Å². The monoisotopic (exact) mass is 184 g/mol. The SMILES string of the molecule is CC1CC(O)(CCC2CCCO2)C1.